The highest BCUT2D eigenvalue weighted by molar-refractivity contribution is 7.89. The molecule has 0 unspecified atom stereocenters. The number of sulfonamides is 1. The third kappa shape index (κ3) is 3.75. The monoisotopic (exact) mass is 284 g/mol. The second-order valence-corrected chi connectivity index (χ2v) is 6.88. The van der Waals surface area contributed by atoms with Gasteiger partial charge in [0.15, 0.2) is 0 Å². The lowest BCUT2D eigenvalue weighted by molar-refractivity contribution is 0.178. The highest BCUT2D eigenvalue weighted by atomic mass is 32.2. The maximum absolute atomic E-state index is 12.3. The number of rotatable bonds is 7. The molecule has 1 heterocycles. The third-order valence-electron chi connectivity index (χ3n) is 3.56. The Kier molecular flexibility index (Phi) is 4.90. The lowest BCUT2D eigenvalue weighted by atomic mass is 9.93. The fraction of sp³-hybridized carbons (Fsp3) is 0.615. The van der Waals surface area contributed by atoms with Crippen LogP contribution < -0.4 is 0 Å². The standard InChI is InChI=1S/C13H20N2O3S/c16-10-9-15(13-2-1-3-13)19(17,18)11-6-12-4-7-14-8-5-12/h4-5,7-8,13,16H,1-3,6,9-11H2. The van der Waals surface area contributed by atoms with Crippen molar-refractivity contribution >= 4 is 10.0 Å². The van der Waals surface area contributed by atoms with Crippen molar-refractivity contribution in [3.8, 4) is 0 Å². The summed E-state index contributed by atoms with van der Waals surface area (Å²) in [7, 11) is -3.29. The summed E-state index contributed by atoms with van der Waals surface area (Å²) < 4.78 is 26.1. The Balaban J connectivity index is 1.99. The Labute approximate surface area is 114 Å². The van der Waals surface area contributed by atoms with Gasteiger partial charge >= 0.3 is 0 Å². The van der Waals surface area contributed by atoms with Crippen molar-refractivity contribution in [1.29, 1.82) is 0 Å². The Morgan fingerprint density at radius 1 is 1.32 bits per heavy atom. The van der Waals surface area contributed by atoms with E-state index in [1.807, 2.05) is 12.1 Å². The van der Waals surface area contributed by atoms with E-state index < -0.39 is 10.0 Å². The number of hydrogen-bond acceptors (Lipinski definition) is 4. The van der Waals surface area contributed by atoms with Gasteiger partial charge in [0.25, 0.3) is 0 Å². The largest absolute Gasteiger partial charge is 0.395 e. The van der Waals surface area contributed by atoms with Crippen LogP contribution in [0.2, 0.25) is 0 Å². The summed E-state index contributed by atoms with van der Waals surface area (Å²) in [6.45, 7) is 0.0916. The van der Waals surface area contributed by atoms with Crippen LogP contribution in [0.15, 0.2) is 24.5 Å². The number of aromatic nitrogens is 1. The van der Waals surface area contributed by atoms with E-state index >= 15 is 0 Å². The van der Waals surface area contributed by atoms with Crippen molar-refractivity contribution in [3.05, 3.63) is 30.1 Å². The molecule has 1 aromatic rings. The number of aliphatic hydroxyl groups excluding tert-OH is 1. The molecule has 0 aromatic carbocycles. The van der Waals surface area contributed by atoms with Crippen molar-refractivity contribution in [3.63, 3.8) is 0 Å². The summed E-state index contributed by atoms with van der Waals surface area (Å²) in [5, 5.41) is 9.04. The molecule has 1 N–H and O–H groups in total. The van der Waals surface area contributed by atoms with Crippen molar-refractivity contribution in [1.82, 2.24) is 9.29 Å². The van der Waals surface area contributed by atoms with Crippen molar-refractivity contribution in [2.24, 2.45) is 0 Å². The van der Waals surface area contributed by atoms with Gasteiger partial charge in [-0.2, -0.15) is 4.31 Å². The van der Waals surface area contributed by atoms with Gasteiger partial charge in [-0.1, -0.05) is 6.42 Å². The SMILES string of the molecule is O=S(=O)(CCc1ccncc1)N(CCO)C1CCC1. The fourth-order valence-electron chi connectivity index (χ4n) is 2.24. The van der Waals surface area contributed by atoms with E-state index in [0.29, 0.717) is 6.42 Å². The van der Waals surface area contributed by atoms with E-state index in [2.05, 4.69) is 4.98 Å². The van der Waals surface area contributed by atoms with Crippen LogP contribution in [0, 0.1) is 0 Å². The summed E-state index contributed by atoms with van der Waals surface area (Å²) >= 11 is 0. The summed E-state index contributed by atoms with van der Waals surface area (Å²) in [6.07, 6.45) is 6.72. The minimum absolute atomic E-state index is 0.0908. The summed E-state index contributed by atoms with van der Waals surface area (Å²) in [5.74, 6) is 0.0908. The highest BCUT2D eigenvalue weighted by Crippen LogP contribution is 2.27. The molecule has 1 aliphatic carbocycles. The molecule has 0 spiro atoms. The zero-order valence-electron chi connectivity index (χ0n) is 10.9. The van der Waals surface area contributed by atoms with Crippen LogP contribution in [0.25, 0.3) is 0 Å². The van der Waals surface area contributed by atoms with E-state index in [1.54, 1.807) is 12.4 Å². The summed E-state index contributed by atoms with van der Waals surface area (Å²) in [6, 6.07) is 3.75. The Hall–Kier alpha value is -0.980. The van der Waals surface area contributed by atoms with Gasteiger partial charge in [-0.15, -0.1) is 0 Å². The molecule has 0 saturated heterocycles. The minimum Gasteiger partial charge on any atom is -0.395 e. The van der Waals surface area contributed by atoms with E-state index in [0.717, 1.165) is 24.8 Å². The Morgan fingerprint density at radius 2 is 2.00 bits per heavy atom. The lowest BCUT2D eigenvalue weighted by Crippen LogP contribution is -2.46. The molecule has 106 valence electrons. The topological polar surface area (TPSA) is 70.5 Å². The number of pyridine rings is 1. The molecule has 1 aromatic heterocycles. The van der Waals surface area contributed by atoms with E-state index in [1.165, 1.54) is 4.31 Å². The van der Waals surface area contributed by atoms with Crippen LogP contribution in [0.3, 0.4) is 0 Å². The average Bonchev–Trinajstić information content (AvgIpc) is 2.35. The molecule has 6 heteroatoms. The van der Waals surface area contributed by atoms with Gasteiger partial charge in [-0.25, -0.2) is 8.42 Å². The van der Waals surface area contributed by atoms with Crippen LogP contribution in [0.4, 0.5) is 0 Å². The van der Waals surface area contributed by atoms with Crippen LogP contribution in [-0.4, -0.2) is 47.8 Å². The summed E-state index contributed by atoms with van der Waals surface area (Å²) in [5.41, 5.74) is 0.969. The van der Waals surface area contributed by atoms with E-state index in [-0.39, 0.29) is 24.9 Å². The fourth-order valence-corrected chi connectivity index (χ4v) is 3.99. The molecule has 0 radical (unpaired) electrons. The molecule has 0 aliphatic heterocycles. The molecule has 0 bridgehead atoms. The second kappa shape index (κ2) is 6.45. The van der Waals surface area contributed by atoms with Crippen molar-refractivity contribution < 1.29 is 13.5 Å². The predicted octanol–water partition coefficient (Wildman–Crippen LogP) is 0.801. The van der Waals surface area contributed by atoms with E-state index in [9.17, 15) is 8.42 Å². The molecule has 1 saturated carbocycles. The number of hydrogen-bond donors (Lipinski definition) is 1. The van der Waals surface area contributed by atoms with Gasteiger partial charge in [0, 0.05) is 25.0 Å². The molecule has 2 rings (SSSR count). The minimum atomic E-state index is -3.29. The van der Waals surface area contributed by atoms with Crippen LogP contribution in [-0.2, 0) is 16.4 Å². The second-order valence-electron chi connectivity index (χ2n) is 4.84. The maximum Gasteiger partial charge on any atom is 0.214 e. The number of aryl methyl sites for hydroxylation is 1. The molecule has 0 amide bonds. The van der Waals surface area contributed by atoms with Gasteiger partial charge in [-0.05, 0) is 37.0 Å². The zero-order valence-corrected chi connectivity index (χ0v) is 11.7. The molecule has 1 fully saturated rings. The molecule has 0 atom stereocenters. The molecule has 5 nitrogen and oxygen atoms in total. The normalized spacial score (nSPS) is 16.5. The van der Waals surface area contributed by atoms with Gasteiger partial charge in [0.2, 0.25) is 10.0 Å². The molecule has 19 heavy (non-hydrogen) atoms. The molecular formula is C13H20N2O3S. The smallest absolute Gasteiger partial charge is 0.214 e. The van der Waals surface area contributed by atoms with Gasteiger partial charge in [0.05, 0.1) is 12.4 Å². The first-order valence-corrected chi connectivity index (χ1v) is 8.23. The lowest BCUT2D eigenvalue weighted by Gasteiger charge is -2.36. The average molecular weight is 284 g/mol. The van der Waals surface area contributed by atoms with E-state index in [4.69, 9.17) is 5.11 Å². The van der Waals surface area contributed by atoms with Gasteiger partial charge in [-0.3, -0.25) is 4.98 Å². The van der Waals surface area contributed by atoms with Crippen LogP contribution in [0.1, 0.15) is 24.8 Å². The first kappa shape index (κ1) is 14.4. The Morgan fingerprint density at radius 3 is 2.53 bits per heavy atom. The first-order chi connectivity index (χ1) is 9.13. The third-order valence-corrected chi connectivity index (χ3v) is 5.47. The molecular weight excluding hydrogens is 264 g/mol. The predicted molar refractivity (Wildman–Crippen MR) is 73.2 cm³/mol. The number of nitrogens with zero attached hydrogens (tertiary/aromatic N) is 2. The number of aliphatic hydroxyl groups is 1. The van der Waals surface area contributed by atoms with Crippen LogP contribution >= 0.6 is 0 Å². The van der Waals surface area contributed by atoms with Crippen molar-refractivity contribution in [2.45, 2.75) is 31.7 Å². The summed E-state index contributed by atoms with van der Waals surface area (Å²) in [4.78, 5) is 3.91. The molecule has 1 aliphatic rings. The maximum atomic E-state index is 12.3. The van der Waals surface area contributed by atoms with Crippen LogP contribution in [0.5, 0.6) is 0 Å². The zero-order chi connectivity index (χ0) is 13.7. The quantitative estimate of drug-likeness (QED) is 0.804. The highest BCUT2D eigenvalue weighted by Gasteiger charge is 2.32. The van der Waals surface area contributed by atoms with Gasteiger partial charge in [0.1, 0.15) is 0 Å². The Bertz CT molecular complexity index is 486. The first-order valence-electron chi connectivity index (χ1n) is 6.63. The van der Waals surface area contributed by atoms with Crippen molar-refractivity contribution in [2.75, 3.05) is 18.9 Å². The van der Waals surface area contributed by atoms with Gasteiger partial charge < -0.3 is 5.11 Å².